The van der Waals surface area contributed by atoms with Gasteiger partial charge in [0.1, 0.15) is 0 Å². The average Bonchev–Trinajstić information content (AvgIpc) is 3.05. The molecule has 1 saturated carbocycles. The SMILES string of the molecule is CCNc1cc(C)c(S(=O)(=O)NCC2(C)CC2)c(C)c1. The first-order chi connectivity index (χ1) is 9.27. The molecule has 2 N–H and O–H groups in total. The van der Waals surface area contributed by atoms with E-state index >= 15 is 0 Å². The number of hydrogen-bond acceptors (Lipinski definition) is 3. The highest BCUT2D eigenvalue weighted by molar-refractivity contribution is 7.89. The van der Waals surface area contributed by atoms with Crippen molar-refractivity contribution in [2.24, 2.45) is 5.41 Å². The van der Waals surface area contributed by atoms with Crippen molar-refractivity contribution >= 4 is 15.7 Å². The molecule has 0 heterocycles. The molecule has 2 rings (SSSR count). The molecule has 0 aromatic heterocycles. The van der Waals surface area contributed by atoms with Gasteiger partial charge in [-0.05, 0) is 62.3 Å². The number of benzene rings is 1. The number of hydrogen-bond donors (Lipinski definition) is 2. The van der Waals surface area contributed by atoms with Crippen LogP contribution in [0.3, 0.4) is 0 Å². The standard InChI is InChI=1S/C15H24N2O2S/c1-5-16-13-8-11(2)14(12(3)9-13)20(18,19)17-10-15(4)6-7-15/h8-9,16-17H,5-7,10H2,1-4H3. The summed E-state index contributed by atoms with van der Waals surface area (Å²) in [6, 6.07) is 3.79. The van der Waals surface area contributed by atoms with Crippen LogP contribution in [0.25, 0.3) is 0 Å². The van der Waals surface area contributed by atoms with E-state index in [0.717, 1.165) is 36.2 Å². The lowest BCUT2D eigenvalue weighted by Gasteiger charge is -2.16. The molecule has 1 fully saturated rings. The molecule has 0 spiro atoms. The Bertz CT molecular complexity index is 581. The fourth-order valence-electron chi connectivity index (χ4n) is 2.41. The number of rotatable bonds is 6. The summed E-state index contributed by atoms with van der Waals surface area (Å²) in [5, 5.41) is 3.22. The molecular formula is C15H24N2O2S. The maximum atomic E-state index is 12.5. The molecule has 0 unspecified atom stereocenters. The molecular weight excluding hydrogens is 272 g/mol. The first-order valence-electron chi connectivity index (χ1n) is 7.12. The Balaban J connectivity index is 2.26. The third kappa shape index (κ3) is 3.33. The second-order valence-corrected chi connectivity index (χ2v) is 7.81. The normalized spacial score (nSPS) is 17.0. The van der Waals surface area contributed by atoms with Crippen LogP contribution in [0.2, 0.25) is 0 Å². The molecule has 1 aromatic carbocycles. The number of anilines is 1. The first kappa shape index (κ1) is 15.3. The lowest BCUT2D eigenvalue weighted by molar-refractivity contribution is 0.530. The molecule has 20 heavy (non-hydrogen) atoms. The highest BCUT2D eigenvalue weighted by atomic mass is 32.2. The minimum Gasteiger partial charge on any atom is -0.385 e. The van der Waals surface area contributed by atoms with Crippen molar-refractivity contribution in [3.05, 3.63) is 23.3 Å². The lowest BCUT2D eigenvalue weighted by atomic mass is 10.1. The van der Waals surface area contributed by atoms with E-state index in [1.165, 1.54) is 0 Å². The van der Waals surface area contributed by atoms with Gasteiger partial charge in [-0.15, -0.1) is 0 Å². The fourth-order valence-corrected chi connectivity index (χ4v) is 4.06. The van der Waals surface area contributed by atoms with E-state index in [1.54, 1.807) is 0 Å². The molecule has 4 nitrogen and oxygen atoms in total. The zero-order valence-electron chi connectivity index (χ0n) is 12.7. The summed E-state index contributed by atoms with van der Waals surface area (Å²) in [4.78, 5) is 0.420. The highest BCUT2D eigenvalue weighted by Crippen LogP contribution is 2.44. The largest absolute Gasteiger partial charge is 0.385 e. The summed E-state index contributed by atoms with van der Waals surface area (Å²) in [6.45, 7) is 9.18. The summed E-state index contributed by atoms with van der Waals surface area (Å²) in [5.41, 5.74) is 2.71. The Morgan fingerprint density at radius 2 is 1.75 bits per heavy atom. The van der Waals surface area contributed by atoms with Crippen LogP contribution in [0.4, 0.5) is 5.69 Å². The third-order valence-corrected chi connectivity index (χ3v) is 5.61. The van der Waals surface area contributed by atoms with Crippen LogP contribution in [-0.2, 0) is 10.0 Å². The third-order valence-electron chi connectivity index (χ3n) is 3.90. The van der Waals surface area contributed by atoms with Crippen molar-refractivity contribution in [3.8, 4) is 0 Å². The second-order valence-electron chi connectivity index (χ2n) is 6.10. The maximum Gasteiger partial charge on any atom is 0.241 e. The Hall–Kier alpha value is -1.07. The maximum absolute atomic E-state index is 12.5. The van der Waals surface area contributed by atoms with Gasteiger partial charge in [-0.1, -0.05) is 6.92 Å². The van der Waals surface area contributed by atoms with Gasteiger partial charge in [-0.3, -0.25) is 0 Å². The fraction of sp³-hybridized carbons (Fsp3) is 0.600. The minimum atomic E-state index is -3.42. The summed E-state index contributed by atoms with van der Waals surface area (Å²) in [7, 11) is -3.42. The van der Waals surface area contributed by atoms with E-state index in [0.29, 0.717) is 11.4 Å². The van der Waals surface area contributed by atoms with E-state index in [1.807, 2.05) is 32.9 Å². The van der Waals surface area contributed by atoms with E-state index in [2.05, 4.69) is 17.0 Å². The van der Waals surface area contributed by atoms with Crippen LogP contribution in [0.5, 0.6) is 0 Å². The van der Waals surface area contributed by atoms with Gasteiger partial charge in [0, 0.05) is 18.8 Å². The monoisotopic (exact) mass is 296 g/mol. The molecule has 5 heteroatoms. The van der Waals surface area contributed by atoms with Crippen LogP contribution in [-0.4, -0.2) is 21.5 Å². The lowest BCUT2D eigenvalue weighted by Crippen LogP contribution is -2.30. The van der Waals surface area contributed by atoms with Gasteiger partial charge in [-0.25, -0.2) is 13.1 Å². The van der Waals surface area contributed by atoms with Gasteiger partial charge in [-0.2, -0.15) is 0 Å². The minimum absolute atomic E-state index is 0.165. The molecule has 0 atom stereocenters. The van der Waals surface area contributed by atoms with Crippen molar-refractivity contribution in [2.75, 3.05) is 18.4 Å². The van der Waals surface area contributed by atoms with Crippen molar-refractivity contribution < 1.29 is 8.42 Å². The average molecular weight is 296 g/mol. The number of nitrogens with one attached hydrogen (secondary N) is 2. The molecule has 0 saturated heterocycles. The Kier molecular flexibility index (Phi) is 4.12. The zero-order valence-corrected chi connectivity index (χ0v) is 13.5. The van der Waals surface area contributed by atoms with E-state index in [-0.39, 0.29) is 5.41 Å². The molecule has 0 amide bonds. The Morgan fingerprint density at radius 1 is 1.20 bits per heavy atom. The van der Waals surface area contributed by atoms with Crippen molar-refractivity contribution in [1.29, 1.82) is 0 Å². The van der Waals surface area contributed by atoms with E-state index < -0.39 is 10.0 Å². The van der Waals surface area contributed by atoms with Crippen molar-refractivity contribution in [2.45, 2.75) is 45.4 Å². The smallest absolute Gasteiger partial charge is 0.241 e. The summed E-state index contributed by atoms with van der Waals surface area (Å²) < 4.78 is 27.7. The predicted octanol–water partition coefficient (Wildman–Crippen LogP) is 2.81. The van der Waals surface area contributed by atoms with E-state index in [9.17, 15) is 8.42 Å². The number of aryl methyl sites for hydroxylation is 2. The summed E-state index contributed by atoms with van der Waals surface area (Å²) >= 11 is 0. The van der Waals surface area contributed by atoms with Crippen LogP contribution >= 0.6 is 0 Å². The van der Waals surface area contributed by atoms with Gasteiger partial charge in [0.2, 0.25) is 10.0 Å². The molecule has 0 bridgehead atoms. The topological polar surface area (TPSA) is 58.2 Å². The van der Waals surface area contributed by atoms with Crippen molar-refractivity contribution in [3.63, 3.8) is 0 Å². The van der Waals surface area contributed by atoms with Gasteiger partial charge in [0.25, 0.3) is 0 Å². The van der Waals surface area contributed by atoms with Crippen molar-refractivity contribution in [1.82, 2.24) is 4.72 Å². The zero-order chi connectivity index (χ0) is 15.0. The summed E-state index contributed by atoms with van der Waals surface area (Å²) in [6.07, 6.45) is 2.21. The molecule has 0 aliphatic heterocycles. The van der Waals surface area contributed by atoms with Crippen LogP contribution in [0.1, 0.15) is 37.8 Å². The molecule has 1 aliphatic rings. The predicted molar refractivity (Wildman–Crippen MR) is 82.6 cm³/mol. The molecule has 0 radical (unpaired) electrons. The molecule has 1 aromatic rings. The van der Waals surface area contributed by atoms with Gasteiger partial charge < -0.3 is 5.32 Å². The van der Waals surface area contributed by atoms with Gasteiger partial charge in [0.05, 0.1) is 4.90 Å². The second kappa shape index (κ2) is 5.37. The molecule has 1 aliphatic carbocycles. The van der Waals surface area contributed by atoms with Crippen LogP contribution in [0, 0.1) is 19.3 Å². The van der Waals surface area contributed by atoms with Gasteiger partial charge >= 0.3 is 0 Å². The highest BCUT2D eigenvalue weighted by Gasteiger charge is 2.38. The first-order valence-corrected chi connectivity index (χ1v) is 8.60. The van der Waals surface area contributed by atoms with Gasteiger partial charge in [0.15, 0.2) is 0 Å². The van der Waals surface area contributed by atoms with Crippen LogP contribution in [0.15, 0.2) is 17.0 Å². The van der Waals surface area contributed by atoms with E-state index in [4.69, 9.17) is 0 Å². The number of sulfonamides is 1. The van der Waals surface area contributed by atoms with Crippen LogP contribution < -0.4 is 10.0 Å². The summed E-state index contributed by atoms with van der Waals surface area (Å²) in [5.74, 6) is 0. The quantitative estimate of drug-likeness (QED) is 0.848. The Morgan fingerprint density at radius 3 is 2.20 bits per heavy atom. The molecule has 112 valence electrons. The Labute approximate surface area is 122 Å².